The number of rotatable bonds is 10. The third-order valence-electron chi connectivity index (χ3n) is 5.92. The van der Waals surface area contributed by atoms with Gasteiger partial charge in [-0.25, -0.2) is 0 Å². The summed E-state index contributed by atoms with van der Waals surface area (Å²) >= 11 is 0. The SMILES string of the molecule is OC(O)(O)C(CCc1ccccc1)(CCc1ccccc1)CCc1ccccc1. The van der Waals surface area contributed by atoms with Crippen LogP contribution in [-0.2, 0) is 19.3 Å². The molecule has 3 nitrogen and oxygen atoms in total. The number of aryl methyl sites for hydroxylation is 3. The zero-order valence-electron chi connectivity index (χ0n) is 16.7. The lowest BCUT2D eigenvalue weighted by Crippen LogP contribution is -2.49. The Bertz CT molecular complexity index is 733. The zero-order chi connectivity index (χ0) is 20.6. The van der Waals surface area contributed by atoms with Gasteiger partial charge in [-0.1, -0.05) is 91.0 Å². The maximum atomic E-state index is 10.5. The Balaban J connectivity index is 1.82. The van der Waals surface area contributed by atoms with Gasteiger partial charge >= 0.3 is 0 Å². The molecule has 0 fully saturated rings. The summed E-state index contributed by atoms with van der Waals surface area (Å²) in [6, 6.07) is 30.0. The fourth-order valence-electron chi connectivity index (χ4n) is 3.96. The van der Waals surface area contributed by atoms with Crippen LogP contribution in [-0.4, -0.2) is 21.3 Å². The maximum Gasteiger partial charge on any atom is 0.281 e. The van der Waals surface area contributed by atoms with Crippen LogP contribution in [0.25, 0.3) is 0 Å². The highest BCUT2D eigenvalue weighted by Crippen LogP contribution is 2.42. The first kappa shape index (κ1) is 21.3. The highest BCUT2D eigenvalue weighted by Gasteiger charge is 2.47. The molecule has 0 radical (unpaired) electrons. The van der Waals surface area contributed by atoms with E-state index in [1.807, 2.05) is 91.0 Å². The van der Waals surface area contributed by atoms with Gasteiger partial charge in [-0.2, -0.15) is 0 Å². The van der Waals surface area contributed by atoms with E-state index in [2.05, 4.69) is 0 Å². The summed E-state index contributed by atoms with van der Waals surface area (Å²) in [5.41, 5.74) is 2.34. The van der Waals surface area contributed by atoms with Gasteiger partial charge in [-0.05, 0) is 55.2 Å². The van der Waals surface area contributed by atoms with E-state index in [0.717, 1.165) is 16.7 Å². The van der Waals surface area contributed by atoms with Crippen LogP contribution in [0.1, 0.15) is 36.0 Å². The highest BCUT2D eigenvalue weighted by molar-refractivity contribution is 5.18. The van der Waals surface area contributed by atoms with Crippen LogP contribution in [0.3, 0.4) is 0 Å². The zero-order valence-corrected chi connectivity index (χ0v) is 16.7. The molecule has 3 aromatic rings. The van der Waals surface area contributed by atoms with Gasteiger partial charge in [0.15, 0.2) is 0 Å². The van der Waals surface area contributed by atoms with Gasteiger partial charge in [0, 0.05) is 0 Å². The number of benzene rings is 3. The molecule has 0 aromatic heterocycles. The molecule has 0 amide bonds. The minimum atomic E-state index is -2.74. The van der Waals surface area contributed by atoms with Crippen molar-refractivity contribution in [2.24, 2.45) is 5.41 Å². The highest BCUT2D eigenvalue weighted by atomic mass is 16.7. The lowest BCUT2D eigenvalue weighted by molar-refractivity contribution is -0.379. The van der Waals surface area contributed by atoms with Crippen molar-refractivity contribution >= 4 is 0 Å². The molecule has 0 saturated carbocycles. The van der Waals surface area contributed by atoms with Crippen LogP contribution in [0.15, 0.2) is 91.0 Å². The molecular weight excluding hydrogens is 360 g/mol. The Morgan fingerprint density at radius 3 is 0.966 bits per heavy atom. The second-order valence-corrected chi connectivity index (χ2v) is 7.87. The van der Waals surface area contributed by atoms with E-state index in [1.165, 1.54) is 0 Å². The Kier molecular flexibility index (Phi) is 7.21. The van der Waals surface area contributed by atoms with Crippen molar-refractivity contribution in [2.75, 3.05) is 0 Å². The fraction of sp³-hybridized carbons (Fsp3) is 0.308. The third-order valence-corrected chi connectivity index (χ3v) is 5.92. The van der Waals surface area contributed by atoms with Gasteiger partial charge in [0.2, 0.25) is 0 Å². The molecule has 0 aliphatic heterocycles. The van der Waals surface area contributed by atoms with Gasteiger partial charge in [-0.15, -0.1) is 0 Å². The van der Waals surface area contributed by atoms with E-state index >= 15 is 0 Å². The Labute approximate surface area is 173 Å². The summed E-state index contributed by atoms with van der Waals surface area (Å²) in [7, 11) is 0. The van der Waals surface area contributed by atoms with Gasteiger partial charge in [-0.3, -0.25) is 0 Å². The molecule has 152 valence electrons. The second kappa shape index (κ2) is 9.84. The molecule has 0 unspecified atom stereocenters. The van der Waals surface area contributed by atoms with Crippen LogP contribution in [0.4, 0.5) is 0 Å². The first-order chi connectivity index (χ1) is 14.0. The summed E-state index contributed by atoms with van der Waals surface area (Å²) in [6.45, 7) is 0. The Morgan fingerprint density at radius 2 is 0.724 bits per heavy atom. The van der Waals surface area contributed by atoms with Crippen LogP contribution >= 0.6 is 0 Å². The molecule has 0 aliphatic rings. The molecule has 0 bridgehead atoms. The third kappa shape index (κ3) is 6.01. The first-order valence-electron chi connectivity index (χ1n) is 10.3. The van der Waals surface area contributed by atoms with Crippen molar-refractivity contribution in [3.8, 4) is 0 Å². The molecular formula is C26H30O3. The van der Waals surface area contributed by atoms with E-state index in [4.69, 9.17) is 0 Å². The molecule has 3 N–H and O–H groups in total. The minimum Gasteiger partial charge on any atom is -0.343 e. The normalized spacial score (nSPS) is 12.1. The van der Waals surface area contributed by atoms with Crippen LogP contribution in [0, 0.1) is 5.41 Å². The lowest BCUT2D eigenvalue weighted by atomic mass is 9.71. The molecule has 0 atom stereocenters. The predicted octanol–water partition coefficient (Wildman–Crippen LogP) is 4.50. The van der Waals surface area contributed by atoms with Crippen molar-refractivity contribution in [3.63, 3.8) is 0 Å². The van der Waals surface area contributed by atoms with E-state index in [9.17, 15) is 15.3 Å². The van der Waals surface area contributed by atoms with Gasteiger partial charge in [0.1, 0.15) is 0 Å². The summed E-state index contributed by atoms with van der Waals surface area (Å²) < 4.78 is 0. The summed E-state index contributed by atoms with van der Waals surface area (Å²) in [6.07, 6.45) is 3.48. The van der Waals surface area contributed by atoms with E-state index < -0.39 is 11.4 Å². The molecule has 3 rings (SSSR count). The lowest BCUT2D eigenvalue weighted by Gasteiger charge is -2.41. The summed E-state index contributed by atoms with van der Waals surface area (Å²) in [5.74, 6) is -2.74. The van der Waals surface area contributed by atoms with Gasteiger partial charge in [0.05, 0.1) is 5.41 Å². The van der Waals surface area contributed by atoms with Crippen molar-refractivity contribution in [3.05, 3.63) is 108 Å². The van der Waals surface area contributed by atoms with Crippen molar-refractivity contribution in [1.82, 2.24) is 0 Å². The molecule has 0 heterocycles. The largest absolute Gasteiger partial charge is 0.343 e. The molecule has 0 spiro atoms. The number of hydrogen-bond acceptors (Lipinski definition) is 3. The van der Waals surface area contributed by atoms with Crippen molar-refractivity contribution in [2.45, 2.75) is 44.5 Å². The molecule has 29 heavy (non-hydrogen) atoms. The molecule has 0 aliphatic carbocycles. The van der Waals surface area contributed by atoms with Crippen molar-refractivity contribution in [1.29, 1.82) is 0 Å². The predicted molar refractivity (Wildman–Crippen MR) is 116 cm³/mol. The topological polar surface area (TPSA) is 60.7 Å². The summed E-state index contributed by atoms with van der Waals surface area (Å²) in [5, 5.41) is 31.4. The Morgan fingerprint density at radius 1 is 0.448 bits per heavy atom. The average molecular weight is 391 g/mol. The molecule has 3 aromatic carbocycles. The first-order valence-corrected chi connectivity index (χ1v) is 10.3. The second-order valence-electron chi connectivity index (χ2n) is 7.87. The minimum absolute atomic E-state index is 0.486. The van der Waals surface area contributed by atoms with E-state index in [1.54, 1.807) is 0 Å². The molecule has 3 heteroatoms. The Hall–Kier alpha value is -2.46. The quantitative estimate of drug-likeness (QED) is 0.447. The average Bonchev–Trinajstić information content (AvgIpc) is 2.75. The number of hydrogen-bond donors (Lipinski definition) is 3. The number of aliphatic hydroxyl groups is 3. The van der Waals surface area contributed by atoms with Gasteiger partial charge in [0.25, 0.3) is 5.97 Å². The summed E-state index contributed by atoms with van der Waals surface area (Å²) in [4.78, 5) is 0. The van der Waals surface area contributed by atoms with E-state index in [0.29, 0.717) is 38.5 Å². The standard InChI is InChI=1S/C26H30O3/c27-26(28,29)25(19-16-22-10-4-1-5-11-22,20-17-23-12-6-2-7-13-23)21-18-24-14-8-3-9-15-24/h1-15,27-29H,16-21H2. The van der Waals surface area contributed by atoms with Crippen LogP contribution < -0.4 is 0 Å². The monoisotopic (exact) mass is 390 g/mol. The van der Waals surface area contributed by atoms with Crippen LogP contribution in [0.2, 0.25) is 0 Å². The van der Waals surface area contributed by atoms with Gasteiger partial charge < -0.3 is 15.3 Å². The molecule has 0 saturated heterocycles. The van der Waals surface area contributed by atoms with E-state index in [-0.39, 0.29) is 0 Å². The fourth-order valence-corrected chi connectivity index (χ4v) is 3.96. The smallest absolute Gasteiger partial charge is 0.281 e. The van der Waals surface area contributed by atoms with Crippen LogP contribution in [0.5, 0.6) is 0 Å². The maximum absolute atomic E-state index is 10.5. The van der Waals surface area contributed by atoms with Crippen molar-refractivity contribution < 1.29 is 15.3 Å².